The molecule has 3 aromatic carbocycles. The van der Waals surface area contributed by atoms with Gasteiger partial charge in [-0.15, -0.1) is 0 Å². The first-order chi connectivity index (χ1) is 13.5. The molecule has 2 atom stereocenters. The number of benzene rings is 3. The van der Waals surface area contributed by atoms with E-state index in [0.717, 1.165) is 17.2 Å². The molecule has 142 valence electrons. The van der Waals surface area contributed by atoms with Crippen molar-refractivity contribution in [2.24, 2.45) is 0 Å². The van der Waals surface area contributed by atoms with Crippen LogP contribution in [0.25, 0.3) is 11.1 Å². The maximum Gasteiger partial charge on any atom is 0.408 e. The van der Waals surface area contributed by atoms with Crippen LogP contribution in [0.15, 0.2) is 66.7 Å². The molecule has 1 fully saturated rings. The number of halogens is 2. The fourth-order valence-corrected chi connectivity index (χ4v) is 3.38. The van der Waals surface area contributed by atoms with Gasteiger partial charge in [-0.25, -0.2) is 13.6 Å². The van der Waals surface area contributed by atoms with E-state index in [1.165, 1.54) is 12.1 Å². The minimum absolute atomic E-state index is 0.284. The standard InChI is InChI=1S/C22H17F2NO3/c1-27-17-7-3-6-15(11-17)21-20(25-22(26)28-21)14-5-2-4-13(10-14)18-9-8-16(23)12-19(18)24/h2-12,20-21H,1H3,(H,25,26)/t20-,21-/m1/s1. The summed E-state index contributed by atoms with van der Waals surface area (Å²) < 4.78 is 38.1. The average Bonchev–Trinajstić information content (AvgIpc) is 3.10. The number of methoxy groups -OCH3 is 1. The van der Waals surface area contributed by atoms with E-state index in [0.29, 0.717) is 11.3 Å². The number of carbonyl (C=O) groups is 1. The van der Waals surface area contributed by atoms with Crippen LogP contribution in [0.1, 0.15) is 23.3 Å². The Morgan fingerprint density at radius 1 is 0.964 bits per heavy atom. The molecule has 1 heterocycles. The third-order valence-electron chi connectivity index (χ3n) is 4.72. The molecular formula is C22H17F2NO3. The molecule has 0 bridgehead atoms. The van der Waals surface area contributed by atoms with Crippen LogP contribution in [0.3, 0.4) is 0 Å². The first-order valence-corrected chi connectivity index (χ1v) is 8.71. The number of alkyl carbamates (subject to hydrolysis) is 1. The Kier molecular flexibility index (Phi) is 4.69. The fourth-order valence-electron chi connectivity index (χ4n) is 3.38. The molecule has 0 spiro atoms. The summed E-state index contributed by atoms with van der Waals surface area (Å²) in [6.45, 7) is 0. The maximum atomic E-state index is 14.2. The van der Waals surface area contributed by atoms with Crippen LogP contribution in [0.4, 0.5) is 13.6 Å². The third-order valence-corrected chi connectivity index (χ3v) is 4.72. The van der Waals surface area contributed by atoms with Gasteiger partial charge in [0, 0.05) is 11.6 Å². The van der Waals surface area contributed by atoms with Gasteiger partial charge in [0.2, 0.25) is 0 Å². The molecule has 0 aliphatic carbocycles. The smallest absolute Gasteiger partial charge is 0.408 e. The van der Waals surface area contributed by atoms with Gasteiger partial charge >= 0.3 is 6.09 Å². The van der Waals surface area contributed by atoms with Crippen molar-refractivity contribution in [3.05, 3.63) is 89.5 Å². The summed E-state index contributed by atoms with van der Waals surface area (Å²) in [6, 6.07) is 17.4. The molecule has 1 saturated heterocycles. The zero-order chi connectivity index (χ0) is 19.7. The molecule has 1 N–H and O–H groups in total. The molecule has 0 aromatic heterocycles. The van der Waals surface area contributed by atoms with Gasteiger partial charge < -0.3 is 14.8 Å². The SMILES string of the molecule is COc1cccc([C@H]2OC(=O)N[C@@H]2c2cccc(-c3ccc(F)cc3F)c2)c1. The predicted octanol–water partition coefficient (Wildman–Crippen LogP) is 5.16. The third kappa shape index (κ3) is 3.41. The van der Waals surface area contributed by atoms with Crippen LogP contribution in [0, 0.1) is 11.6 Å². The van der Waals surface area contributed by atoms with E-state index in [4.69, 9.17) is 9.47 Å². The number of amides is 1. The summed E-state index contributed by atoms with van der Waals surface area (Å²) in [5.41, 5.74) is 2.40. The van der Waals surface area contributed by atoms with Crippen LogP contribution < -0.4 is 10.1 Å². The summed E-state index contributed by atoms with van der Waals surface area (Å²) in [5, 5.41) is 2.80. The first-order valence-electron chi connectivity index (χ1n) is 8.71. The molecule has 0 radical (unpaired) electrons. The number of carbonyl (C=O) groups excluding carboxylic acids is 1. The van der Waals surface area contributed by atoms with Crippen LogP contribution in [-0.4, -0.2) is 13.2 Å². The van der Waals surface area contributed by atoms with Crippen molar-refractivity contribution in [3.8, 4) is 16.9 Å². The zero-order valence-electron chi connectivity index (χ0n) is 15.0. The second kappa shape index (κ2) is 7.31. The number of cyclic esters (lactones) is 1. The van der Waals surface area contributed by atoms with Crippen molar-refractivity contribution >= 4 is 6.09 Å². The van der Waals surface area contributed by atoms with Gasteiger partial charge in [0.25, 0.3) is 0 Å². The van der Waals surface area contributed by atoms with Gasteiger partial charge in [0.05, 0.1) is 13.2 Å². The van der Waals surface area contributed by atoms with Crippen molar-refractivity contribution in [3.63, 3.8) is 0 Å². The molecule has 1 aliphatic heterocycles. The second-order valence-corrected chi connectivity index (χ2v) is 6.47. The van der Waals surface area contributed by atoms with Crippen LogP contribution in [-0.2, 0) is 4.74 Å². The normalized spacial score (nSPS) is 18.5. The maximum absolute atomic E-state index is 14.2. The van der Waals surface area contributed by atoms with Gasteiger partial charge in [0.1, 0.15) is 17.4 Å². The molecule has 6 heteroatoms. The van der Waals surface area contributed by atoms with E-state index in [9.17, 15) is 13.6 Å². The number of rotatable bonds is 4. The molecule has 4 rings (SSSR count). The largest absolute Gasteiger partial charge is 0.497 e. The Morgan fingerprint density at radius 2 is 1.75 bits per heavy atom. The Hall–Kier alpha value is -3.41. The Labute approximate surface area is 160 Å². The van der Waals surface area contributed by atoms with E-state index >= 15 is 0 Å². The lowest BCUT2D eigenvalue weighted by Gasteiger charge is -2.19. The summed E-state index contributed by atoms with van der Waals surface area (Å²) in [7, 11) is 1.57. The minimum Gasteiger partial charge on any atom is -0.497 e. The minimum atomic E-state index is -0.645. The highest BCUT2D eigenvalue weighted by Crippen LogP contribution is 2.39. The van der Waals surface area contributed by atoms with Gasteiger partial charge in [-0.3, -0.25) is 0 Å². The van der Waals surface area contributed by atoms with Crippen molar-refractivity contribution in [2.45, 2.75) is 12.1 Å². The number of ether oxygens (including phenoxy) is 2. The Balaban J connectivity index is 1.71. The second-order valence-electron chi connectivity index (χ2n) is 6.47. The first kappa shape index (κ1) is 18.0. The molecule has 28 heavy (non-hydrogen) atoms. The van der Waals surface area contributed by atoms with Crippen LogP contribution in [0.2, 0.25) is 0 Å². The monoisotopic (exact) mass is 381 g/mol. The van der Waals surface area contributed by atoms with Crippen molar-refractivity contribution in [1.82, 2.24) is 5.32 Å². The summed E-state index contributed by atoms with van der Waals surface area (Å²) in [6.07, 6.45) is -1.09. The average molecular weight is 381 g/mol. The summed E-state index contributed by atoms with van der Waals surface area (Å²) in [5.74, 6) is -0.624. The van der Waals surface area contributed by atoms with E-state index in [-0.39, 0.29) is 5.56 Å². The van der Waals surface area contributed by atoms with E-state index in [2.05, 4.69) is 5.32 Å². The molecule has 3 aromatic rings. The molecule has 0 unspecified atom stereocenters. The highest BCUT2D eigenvalue weighted by Gasteiger charge is 2.36. The zero-order valence-corrected chi connectivity index (χ0v) is 15.0. The van der Waals surface area contributed by atoms with Gasteiger partial charge in [0.15, 0.2) is 6.10 Å². The van der Waals surface area contributed by atoms with E-state index in [1.54, 1.807) is 37.4 Å². The van der Waals surface area contributed by atoms with Crippen molar-refractivity contribution in [2.75, 3.05) is 7.11 Å². The lowest BCUT2D eigenvalue weighted by molar-refractivity contribution is 0.132. The molecular weight excluding hydrogens is 364 g/mol. The number of nitrogens with one attached hydrogen (secondary N) is 1. The Morgan fingerprint density at radius 3 is 2.54 bits per heavy atom. The predicted molar refractivity (Wildman–Crippen MR) is 99.9 cm³/mol. The van der Waals surface area contributed by atoms with Crippen molar-refractivity contribution in [1.29, 1.82) is 0 Å². The topological polar surface area (TPSA) is 47.6 Å². The van der Waals surface area contributed by atoms with Crippen LogP contribution >= 0.6 is 0 Å². The quantitative estimate of drug-likeness (QED) is 0.679. The molecule has 1 amide bonds. The highest BCUT2D eigenvalue weighted by molar-refractivity contribution is 5.72. The van der Waals surface area contributed by atoms with E-state index in [1.807, 2.05) is 18.2 Å². The lowest BCUT2D eigenvalue weighted by atomic mass is 9.93. The lowest BCUT2D eigenvalue weighted by Crippen LogP contribution is -2.19. The van der Waals surface area contributed by atoms with Gasteiger partial charge in [-0.1, -0.05) is 30.3 Å². The molecule has 4 nitrogen and oxygen atoms in total. The van der Waals surface area contributed by atoms with Gasteiger partial charge in [-0.05, 0) is 47.0 Å². The fraction of sp³-hybridized carbons (Fsp3) is 0.136. The summed E-state index contributed by atoms with van der Waals surface area (Å²) >= 11 is 0. The number of hydrogen-bond donors (Lipinski definition) is 1. The van der Waals surface area contributed by atoms with E-state index < -0.39 is 29.9 Å². The number of hydrogen-bond acceptors (Lipinski definition) is 3. The Bertz CT molecular complexity index is 1040. The molecule has 1 aliphatic rings. The molecule has 0 saturated carbocycles. The van der Waals surface area contributed by atoms with Crippen LogP contribution in [0.5, 0.6) is 5.75 Å². The van der Waals surface area contributed by atoms with Gasteiger partial charge in [-0.2, -0.15) is 0 Å². The summed E-state index contributed by atoms with van der Waals surface area (Å²) in [4.78, 5) is 11.9. The van der Waals surface area contributed by atoms with Crippen molar-refractivity contribution < 1.29 is 23.0 Å². The highest BCUT2D eigenvalue weighted by atomic mass is 19.1.